The molecule has 2 aromatic rings. The highest BCUT2D eigenvalue weighted by atomic mass is 16.2. The van der Waals surface area contributed by atoms with Crippen molar-refractivity contribution in [3.63, 3.8) is 0 Å². The molecule has 3 heterocycles. The van der Waals surface area contributed by atoms with E-state index in [-0.39, 0.29) is 29.8 Å². The van der Waals surface area contributed by atoms with Gasteiger partial charge in [-0.25, -0.2) is 10.9 Å². The standard InChI is InChI=1S/C23H29N5O2/c1-2-16-8-10-18(11-9-16)25-22(29)17-6-5-13-28(15-17)23(30)21-14-20(26-27-21)19-7-3-4-12-24-19/h3-4,7-12,17,20-21,26-27H,2,5-6,13-15H2,1H3,(H,25,29). The van der Waals surface area contributed by atoms with Crippen molar-refractivity contribution in [1.82, 2.24) is 20.7 Å². The first kappa shape index (κ1) is 20.5. The van der Waals surface area contributed by atoms with E-state index in [4.69, 9.17) is 0 Å². The number of aryl methyl sites for hydroxylation is 1. The number of piperidine rings is 1. The van der Waals surface area contributed by atoms with E-state index in [0.717, 1.165) is 30.6 Å². The van der Waals surface area contributed by atoms with Gasteiger partial charge in [0.1, 0.15) is 6.04 Å². The Balaban J connectivity index is 1.33. The molecule has 2 amide bonds. The van der Waals surface area contributed by atoms with E-state index >= 15 is 0 Å². The fourth-order valence-corrected chi connectivity index (χ4v) is 4.17. The zero-order valence-electron chi connectivity index (χ0n) is 17.3. The van der Waals surface area contributed by atoms with Crippen LogP contribution in [0.2, 0.25) is 0 Å². The van der Waals surface area contributed by atoms with Gasteiger partial charge in [0.25, 0.3) is 0 Å². The van der Waals surface area contributed by atoms with Crippen LogP contribution in [0.1, 0.15) is 43.5 Å². The lowest BCUT2D eigenvalue weighted by Crippen LogP contribution is -2.50. The molecular weight excluding hydrogens is 378 g/mol. The number of aromatic nitrogens is 1. The van der Waals surface area contributed by atoms with Crippen LogP contribution in [0.25, 0.3) is 0 Å². The smallest absolute Gasteiger partial charge is 0.241 e. The molecule has 1 aromatic heterocycles. The second-order valence-corrected chi connectivity index (χ2v) is 8.05. The van der Waals surface area contributed by atoms with Crippen molar-refractivity contribution in [2.45, 2.75) is 44.7 Å². The minimum Gasteiger partial charge on any atom is -0.341 e. The van der Waals surface area contributed by atoms with Crippen molar-refractivity contribution in [2.24, 2.45) is 5.92 Å². The Morgan fingerprint density at radius 1 is 1.17 bits per heavy atom. The number of hydrazine groups is 1. The van der Waals surface area contributed by atoms with Crippen LogP contribution in [-0.2, 0) is 16.0 Å². The van der Waals surface area contributed by atoms with Crippen molar-refractivity contribution in [2.75, 3.05) is 18.4 Å². The minimum atomic E-state index is -0.305. The predicted octanol–water partition coefficient (Wildman–Crippen LogP) is 2.43. The Kier molecular flexibility index (Phi) is 6.40. The number of anilines is 1. The first-order valence-electron chi connectivity index (χ1n) is 10.7. The molecule has 2 fully saturated rings. The number of nitrogens with zero attached hydrogens (tertiary/aromatic N) is 2. The topological polar surface area (TPSA) is 86.4 Å². The monoisotopic (exact) mass is 407 g/mol. The second kappa shape index (κ2) is 9.36. The molecule has 0 aliphatic carbocycles. The van der Waals surface area contributed by atoms with Crippen molar-refractivity contribution < 1.29 is 9.59 Å². The van der Waals surface area contributed by atoms with Crippen LogP contribution in [0, 0.1) is 5.92 Å². The molecule has 2 aliphatic heterocycles. The number of likely N-dealkylation sites (tertiary alicyclic amines) is 1. The summed E-state index contributed by atoms with van der Waals surface area (Å²) in [6.45, 7) is 3.26. The molecule has 158 valence electrons. The minimum absolute atomic E-state index is 0.00938. The number of hydrogen-bond donors (Lipinski definition) is 3. The molecule has 0 spiro atoms. The van der Waals surface area contributed by atoms with Gasteiger partial charge in [0, 0.05) is 25.0 Å². The first-order chi connectivity index (χ1) is 14.6. The highest BCUT2D eigenvalue weighted by molar-refractivity contribution is 5.93. The molecule has 3 atom stereocenters. The molecule has 4 rings (SSSR count). The lowest BCUT2D eigenvalue weighted by molar-refractivity contribution is -0.136. The van der Waals surface area contributed by atoms with Crippen molar-refractivity contribution >= 4 is 17.5 Å². The number of rotatable bonds is 5. The maximum absolute atomic E-state index is 13.0. The highest BCUT2D eigenvalue weighted by Crippen LogP contribution is 2.24. The van der Waals surface area contributed by atoms with Crippen LogP contribution < -0.4 is 16.2 Å². The van der Waals surface area contributed by atoms with Gasteiger partial charge in [0.15, 0.2) is 0 Å². The molecular formula is C23H29N5O2. The van der Waals surface area contributed by atoms with Crippen LogP contribution in [0.5, 0.6) is 0 Å². The van der Waals surface area contributed by atoms with Crippen LogP contribution >= 0.6 is 0 Å². The summed E-state index contributed by atoms with van der Waals surface area (Å²) in [5, 5.41) is 3.01. The summed E-state index contributed by atoms with van der Waals surface area (Å²) in [6.07, 6.45) is 5.01. The molecule has 30 heavy (non-hydrogen) atoms. The number of carbonyl (C=O) groups excluding carboxylic acids is 2. The van der Waals surface area contributed by atoms with Crippen LogP contribution in [0.4, 0.5) is 5.69 Å². The number of carbonyl (C=O) groups is 2. The summed E-state index contributed by atoms with van der Waals surface area (Å²) in [7, 11) is 0. The molecule has 7 heteroatoms. The lowest BCUT2D eigenvalue weighted by Gasteiger charge is -2.33. The third-order valence-corrected chi connectivity index (χ3v) is 5.98. The predicted molar refractivity (Wildman–Crippen MR) is 115 cm³/mol. The largest absolute Gasteiger partial charge is 0.341 e. The van der Waals surface area contributed by atoms with Gasteiger partial charge < -0.3 is 10.2 Å². The highest BCUT2D eigenvalue weighted by Gasteiger charge is 2.36. The molecule has 7 nitrogen and oxygen atoms in total. The van der Waals surface area contributed by atoms with E-state index in [9.17, 15) is 9.59 Å². The number of pyridine rings is 1. The summed E-state index contributed by atoms with van der Waals surface area (Å²) < 4.78 is 0. The number of benzene rings is 1. The Bertz CT molecular complexity index is 871. The van der Waals surface area contributed by atoms with E-state index in [2.05, 4.69) is 28.1 Å². The van der Waals surface area contributed by atoms with E-state index < -0.39 is 0 Å². The van der Waals surface area contributed by atoms with E-state index in [0.29, 0.717) is 19.5 Å². The Hall–Kier alpha value is -2.77. The van der Waals surface area contributed by atoms with Gasteiger partial charge >= 0.3 is 0 Å². The van der Waals surface area contributed by atoms with Gasteiger partial charge in [0.05, 0.1) is 17.7 Å². The summed E-state index contributed by atoms with van der Waals surface area (Å²) in [4.78, 5) is 32.0. The van der Waals surface area contributed by atoms with Gasteiger partial charge in [-0.15, -0.1) is 0 Å². The SMILES string of the molecule is CCc1ccc(NC(=O)C2CCCN(C(=O)C3CC(c4ccccn4)NN3)C2)cc1. The van der Waals surface area contributed by atoms with Crippen molar-refractivity contribution in [3.05, 3.63) is 59.9 Å². The zero-order valence-corrected chi connectivity index (χ0v) is 17.3. The summed E-state index contributed by atoms with van der Waals surface area (Å²) in [5.74, 6) is -0.152. The lowest BCUT2D eigenvalue weighted by atomic mass is 9.95. The fourth-order valence-electron chi connectivity index (χ4n) is 4.17. The fraction of sp³-hybridized carbons (Fsp3) is 0.435. The van der Waals surface area contributed by atoms with Gasteiger partial charge in [0.2, 0.25) is 11.8 Å². The Labute approximate surface area is 177 Å². The third kappa shape index (κ3) is 4.68. The Morgan fingerprint density at radius 3 is 2.73 bits per heavy atom. The second-order valence-electron chi connectivity index (χ2n) is 8.05. The quantitative estimate of drug-likeness (QED) is 0.709. The normalized spacial score (nSPS) is 23.9. The van der Waals surface area contributed by atoms with E-state index in [1.807, 2.05) is 47.4 Å². The van der Waals surface area contributed by atoms with Crippen molar-refractivity contribution in [3.8, 4) is 0 Å². The first-order valence-corrected chi connectivity index (χ1v) is 10.7. The van der Waals surface area contributed by atoms with Gasteiger partial charge in [-0.05, 0) is 55.5 Å². The molecule has 0 radical (unpaired) electrons. The van der Waals surface area contributed by atoms with Gasteiger partial charge in [-0.3, -0.25) is 14.6 Å². The molecule has 2 aliphatic rings. The molecule has 2 saturated heterocycles. The van der Waals surface area contributed by atoms with Crippen LogP contribution in [0.15, 0.2) is 48.7 Å². The average Bonchev–Trinajstić information content (AvgIpc) is 3.30. The molecule has 3 N–H and O–H groups in total. The van der Waals surface area contributed by atoms with Crippen LogP contribution in [-0.4, -0.2) is 40.8 Å². The molecule has 0 saturated carbocycles. The maximum atomic E-state index is 13.0. The van der Waals surface area contributed by atoms with E-state index in [1.165, 1.54) is 5.56 Å². The van der Waals surface area contributed by atoms with Gasteiger partial charge in [-0.1, -0.05) is 25.1 Å². The van der Waals surface area contributed by atoms with Gasteiger partial charge in [-0.2, -0.15) is 0 Å². The van der Waals surface area contributed by atoms with Crippen LogP contribution in [0.3, 0.4) is 0 Å². The number of hydrogen-bond acceptors (Lipinski definition) is 5. The summed E-state index contributed by atoms with van der Waals surface area (Å²) in [6, 6.07) is 13.4. The molecule has 3 unspecified atom stereocenters. The average molecular weight is 408 g/mol. The van der Waals surface area contributed by atoms with E-state index in [1.54, 1.807) is 6.20 Å². The summed E-state index contributed by atoms with van der Waals surface area (Å²) in [5.41, 5.74) is 9.26. The Morgan fingerprint density at radius 2 is 2.00 bits per heavy atom. The molecule has 0 bridgehead atoms. The third-order valence-electron chi connectivity index (χ3n) is 5.98. The van der Waals surface area contributed by atoms with Crippen molar-refractivity contribution in [1.29, 1.82) is 0 Å². The summed E-state index contributed by atoms with van der Waals surface area (Å²) >= 11 is 0. The zero-order chi connectivity index (χ0) is 20.9. The number of amides is 2. The maximum Gasteiger partial charge on any atom is 0.241 e. The molecule has 1 aromatic carbocycles. The number of nitrogens with one attached hydrogen (secondary N) is 3.